The molecular formula is C18H31N5O4. The first kappa shape index (κ1) is 21.2. The zero-order valence-electron chi connectivity index (χ0n) is 16.3. The highest BCUT2D eigenvalue weighted by Gasteiger charge is 2.26. The van der Waals surface area contributed by atoms with Crippen LogP contribution in [0.4, 0.5) is 11.5 Å². The number of nitrogens with two attached hydrogens (primary N) is 1. The van der Waals surface area contributed by atoms with Crippen molar-refractivity contribution >= 4 is 17.4 Å². The number of hydrogen-bond acceptors (Lipinski definition) is 6. The van der Waals surface area contributed by atoms with E-state index in [9.17, 15) is 14.4 Å². The predicted molar refractivity (Wildman–Crippen MR) is 105 cm³/mol. The van der Waals surface area contributed by atoms with Crippen LogP contribution in [-0.4, -0.2) is 60.3 Å². The maximum Gasteiger partial charge on any atom is 0.330 e. The molecule has 3 N–H and O–H groups in total. The fourth-order valence-electron chi connectivity index (χ4n) is 3.31. The number of aromatic nitrogens is 2. The van der Waals surface area contributed by atoms with Crippen LogP contribution in [-0.2, 0) is 16.1 Å². The lowest BCUT2D eigenvalue weighted by molar-refractivity contribution is -0.120. The number of nitrogens with zero attached hydrogens (tertiary/aromatic N) is 3. The van der Waals surface area contributed by atoms with Gasteiger partial charge in [0.2, 0.25) is 5.91 Å². The van der Waals surface area contributed by atoms with Gasteiger partial charge in [0.1, 0.15) is 5.82 Å². The summed E-state index contributed by atoms with van der Waals surface area (Å²) in [6.45, 7) is 4.81. The number of ether oxygens (including phenoxy) is 1. The number of methoxy groups -OCH3 is 1. The third-order valence-corrected chi connectivity index (χ3v) is 4.85. The molecule has 0 unspecified atom stereocenters. The number of hydrogen-bond donors (Lipinski definition) is 2. The number of amides is 1. The van der Waals surface area contributed by atoms with Gasteiger partial charge in [0.15, 0.2) is 5.69 Å². The average molecular weight is 381 g/mol. The standard InChI is InChI=1S/C18H31N5O4/c1-3-4-10-23-16(19)15(17(25)20-18(23)26)22(11-12-27-2)14(24)13-21-8-6-5-7-9-21/h3-13,19H2,1-2H3,(H,20,25,26). The molecular weight excluding hydrogens is 350 g/mol. The Morgan fingerprint density at radius 1 is 1.26 bits per heavy atom. The van der Waals surface area contributed by atoms with E-state index in [1.54, 1.807) is 0 Å². The van der Waals surface area contributed by atoms with Gasteiger partial charge < -0.3 is 15.4 Å². The van der Waals surface area contributed by atoms with Gasteiger partial charge in [-0.1, -0.05) is 19.8 Å². The second-order valence-electron chi connectivity index (χ2n) is 6.87. The van der Waals surface area contributed by atoms with E-state index in [4.69, 9.17) is 10.5 Å². The number of anilines is 2. The molecule has 9 nitrogen and oxygen atoms in total. The lowest BCUT2D eigenvalue weighted by Crippen LogP contribution is -2.47. The maximum absolute atomic E-state index is 13.0. The number of carbonyl (C=O) groups excluding carboxylic acids is 1. The van der Waals surface area contributed by atoms with Crippen LogP contribution in [0.5, 0.6) is 0 Å². The number of H-pyrrole nitrogens is 1. The number of likely N-dealkylation sites (tertiary alicyclic amines) is 1. The van der Waals surface area contributed by atoms with Gasteiger partial charge >= 0.3 is 5.69 Å². The van der Waals surface area contributed by atoms with Crippen LogP contribution in [0.3, 0.4) is 0 Å². The molecule has 1 amide bonds. The molecule has 0 saturated carbocycles. The Hall–Kier alpha value is -2.13. The number of piperidine rings is 1. The van der Waals surface area contributed by atoms with Gasteiger partial charge in [-0.3, -0.25) is 24.0 Å². The number of rotatable bonds is 9. The van der Waals surface area contributed by atoms with Crippen molar-refractivity contribution < 1.29 is 9.53 Å². The Labute approximate surface area is 159 Å². The van der Waals surface area contributed by atoms with Crippen molar-refractivity contribution in [3.63, 3.8) is 0 Å². The summed E-state index contributed by atoms with van der Waals surface area (Å²) in [6, 6.07) is 0. The van der Waals surface area contributed by atoms with Gasteiger partial charge in [0, 0.05) is 20.2 Å². The molecule has 1 aromatic heterocycles. The molecule has 1 saturated heterocycles. The molecule has 0 spiro atoms. The highest BCUT2D eigenvalue weighted by atomic mass is 16.5. The maximum atomic E-state index is 13.0. The summed E-state index contributed by atoms with van der Waals surface area (Å²) in [5.74, 6) is -0.188. The summed E-state index contributed by atoms with van der Waals surface area (Å²) < 4.78 is 6.43. The Kier molecular flexibility index (Phi) is 8.05. The Balaban J connectivity index is 2.35. The normalized spacial score (nSPS) is 15.0. The van der Waals surface area contributed by atoms with Gasteiger partial charge in [-0.15, -0.1) is 0 Å². The number of nitrogens with one attached hydrogen (secondary N) is 1. The van der Waals surface area contributed by atoms with E-state index in [1.165, 1.54) is 23.0 Å². The fourth-order valence-corrected chi connectivity index (χ4v) is 3.31. The Morgan fingerprint density at radius 2 is 1.96 bits per heavy atom. The highest BCUT2D eigenvalue weighted by molar-refractivity contribution is 5.96. The van der Waals surface area contributed by atoms with E-state index < -0.39 is 11.2 Å². The smallest absolute Gasteiger partial charge is 0.330 e. The molecule has 1 aliphatic rings. The minimum absolute atomic E-state index is 0.0281. The van der Waals surface area contributed by atoms with Crippen LogP contribution in [0.2, 0.25) is 0 Å². The molecule has 9 heteroatoms. The van der Waals surface area contributed by atoms with Gasteiger partial charge in [0.25, 0.3) is 5.56 Å². The molecule has 1 aromatic rings. The zero-order chi connectivity index (χ0) is 19.8. The molecule has 0 bridgehead atoms. The van der Waals surface area contributed by atoms with Crippen LogP contribution >= 0.6 is 0 Å². The summed E-state index contributed by atoms with van der Waals surface area (Å²) >= 11 is 0. The van der Waals surface area contributed by atoms with E-state index in [0.717, 1.165) is 38.8 Å². The van der Waals surface area contributed by atoms with Crippen molar-refractivity contribution in [2.75, 3.05) is 50.5 Å². The first-order valence-corrected chi connectivity index (χ1v) is 9.63. The number of carbonyl (C=O) groups is 1. The molecule has 0 aliphatic carbocycles. The molecule has 2 heterocycles. The lowest BCUT2D eigenvalue weighted by atomic mass is 10.1. The van der Waals surface area contributed by atoms with Crippen LogP contribution in [0.25, 0.3) is 0 Å². The van der Waals surface area contributed by atoms with Crippen LogP contribution < -0.4 is 21.9 Å². The lowest BCUT2D eigenvalue weighted by Gasteiger charge is -2.30. The second-order valence-corrected chi connectivity index (χ2v) is 6.87. The average Bonchev–Trinajstić information content (AvgIpc) is 2.64. The van der Waals surface area contributed by atoms with Crippen LogP contribution in [0, 0.1) is 0 Å². The molecule has 0 radical (unpaired) electrons. The first-order valence-electron chi connectivity index (χ1n) is 9.63. The SMILES string of the molecule is CCCCn1c(N)c(N(CCOC)C(=O)CN2CCCCC2)c(=O)[nH]c1=O. The molecule has 27 heavy (non-hydrogen) atoms. The van der Waals surface area contributed by atoms with E-state index in [0.29, 0.717) is 6.54 Å². The number of unbranched alkanes of at least 4 members (excludes halogenated alkanes) is 1. The topological polar surface area (TPSA) is 114 Å². The van der Waals surface area contributed by atoms with Gasteiger partial charge in [0.05, 0.1) is 13.2 Å². The van der Waals surface area contributed by atoms with Gasteiger partial charge in [-0.2, -0.15) is 0 Å². The molecule has 1 aliphatic heterocycles. The predicted octanol–water partition coefficient (Wildman–Crippen LogP) is 0.384. The monoisotopic (exact) mass is 381 g/mol. The second kappa shape index (κ2) is 10.3. The summed E-state index contributed by atoms with van der Waals surface area (Å²) in [6.07, 6.45) is 4.93. The van der Waals surface area contributed by atoms with E-state index in [-0.39, 0.29) is 37.1 Å². The highest BCUT2D eigenvalue weighted by Crippen LogP contribution is 2.18. The Morgan fingerprint density at radius 3 is 2.59 bits per heavy atom. The molecule has 0 atom stereocenters. The van der Waals surface area contributed by atoms with Crippen LogP contribution in [0.15, 0.2) is 9.59 Å². The summed E-state index contributed by atoms with van der Waals surface area (Å²) in [7, 11) is 1.53. The van der Waals surface area contributed by atoms with Crippen molar-refractivity contribution in [2.45, 2.75) is 45.6 Å². The molecule has 0 aromatic carbocycles. The third-order valence-electron chi connectivity index (χ3n) is 4.85. The Bertz CT molecular complexity index is 736. The summed E-state index contributed by atoms with van der Waals surface area (Å²) in [5.41, 5.74) is 5.00. The zero-order valence-corrected chi connectivity index (χ0v) is 16.3. The quantitative estimate of drug-likeness (QED) is 0.639. The van der Waals surface area contributed by atoms with Gasteiger partial charge in [-0.25, -0.2) is 4.79 Å². The fraction of sp³-hybridized carbons (Fsp3) is 0.722. The van der Waals surface area contributed by atoms with Crippen molar-refractivity contribution in [2.24, 2.45) is 0 Å². The number of nitrogen functional groups attached to an aromatic ring is 1. The first-order chi connectivity index (χ1) is 13.0. The molecule has 2 rings (SSSR count). The molecule has 1 fully saturated rings. The van der Waals surface area contributed by atoms with E-state index in [2.05, 4.69) is 9.88 Å². The molecule has 152 valence electrons. The largest absolute Gasteiger partial charge is 0.383 e. The number of aromatic amines is 1. The van der Waals surface area contributed by atoms with Crippen LogP contribution in [0.1, 0.15) is 39.0 Å². The summed E-state index contributed by atoms with van der Waals surface area (Å²) in [5, 5.41) is 0. The van der Waals surface area contributed by atoms with E-state index in [1.807, 2.05) is 6.92 Å². The summed E-state index contributed by atoms with van der Waals surface area (Å²) in [4.78, 5) is 43.3. The van der Waals surface area contributed by atoms with Crippen molar-refractivity contribution in [3.05, 3.63) is 20.8 Å². The van der Waals surface area contributed by atoms with E-state index >= 15 is 0 Å². The van der Waals surface area contributed by atoms with Gasteiger partial charge in [-0.05, 0) is 32.4 Å². The minimum Gasteiger partial charge on any atom is -0.383 e. The van der Waals surface area contributed by atoms with Crippen molar-refractivity contribution in [3.8, 4) is 0 Å². The van der Waals surface area contributed by atoms with Crippen molar-refractivity contribution in [1.29, 1.82) is 0 Å². The minimum atomic E-state index is -0.645. The third kappa shape index (κ3) is 5.43. The van der Waals surface area contributed by atoms with Crippen molar-refractivity contribution in [1.82, 2.24) is 14.5 Å².